The fourth-order valence-electron chi connectivity index (χ4n) is 2.02. The van der Waals surface area contributed by atoms with E-state index in [1.54, 1.807) is 6.20 Å². The zero-order chi connectivity index (χ0) is 11.2. The molecule has 0 radical (unpaired) electrons. The Morgan fingerprint density at radius 3 is 2.88 bits per heavy atom. The van der Waals surface area contributed by atoms with Crippen LogP contribution in [0.25, 0.3) is 0 Å². The molecule has 0 spiro atoms. The number of nitrogens with one attached hydrogen (secondary N) is 1. The molecule has 1 aromatic heterocycles. The fourth-order valence-corrected chi connectivity index (χ4v) is 3.21. The summed E-state index contributed by atoms with van der Waals surface area (Å²) in [6.07, 6.45) is 10.5. The number of nitrogens with zero attached hydrogens (tertiary/aromatic N) is 2. The second-order valence-electron chi connectivity index (χ2n) is 4.15. The summed E-state index contributed by atoms with van der Waals surface area (Å²) in [4.78, 5) is 8.77. The zero-order valence-corrected chi connectivity index (χ0v) is 10.6. The third-order valence-corrected chi connectivity index (χ3v) is 4.05. The Labute approximate surface area is 101 Å². The second-order valence-corrected chi connectivity index (χ2v) is 5.47. The van der Waals surface area contributed by atoms with Crippen molar-refractivity contribution in [3.05, 3.63) is 12.4 Å². The van der Waals surface area contributed by atoms with Gasteiger partial charge in [0.15, 0.2) is 0 Å². The summed E-state index contributed by atoms with van der Waals surface area (Å²) in [5.41, 5.74) is 0. The predicted octanol–water partition coefficient (Wildman–Crippen LogP) is 3.33. The van der Waals surface area contributed by atoms with Crippen LogP contribution in [0.3, 0.4) is 0 Å². The van der Waals surface area contributed by atoms with E-state index in [1.165, 1.54) is 32.1 Å². The molecule has 16 heavy (non-hydrogen) atoms. The van der Waals surface area contributed by atoms with Gasteiger partial charge in [0, 0.05) is 11.8 Å². The van der Waals surface area contributed by atoms with Crippen molar-refractivity contribution in [2.75, 3.05) is 11.9 Å². The SMILES string of the molecule is CCNc1cncc(SC2CCCCC2)n1. The van der Waals surface area contributed by atoms with E-state index < -0.39 is 0 Å². The number of thioether (sulfide) groups is 1. The lowest BCUT2D eigenvalue weighted by atomic mass is 10.0. The molecule has 1 N–H and O–H groups in total. The van der Waals surface area contributed by atoms with Gasteiger partial charge in [-0.25, -0.2) is 4.98 Å². The van der Waals surface area contributed by atoms with Crippen molar-refractivity contribution in [3.63, 3.8) is 0 Å². The maximum atomic E-state index is 4.55. The van der Waals surface area contributed by atoms with Crippen molar-refractivity contribution in [2.24, 2.45) is 0 Å². The average molecular weight is 237 g/mol. The van der Waals surface area contributed by atoms with Gasteiger partial charge in [0.05, 0.1) is 12.4 Å². The normalized spacial score (nSPS) is 17.3. The Bertz CT molecular complexity index is 324. The molecule has 4 heteroatoms. The first kappa shape index (κ1) is 11.7. The molecule has 0 saturated heterocycles. The van der Waals surface area contributed by atoms with Crippen molar-refractivity contribution >= 4 is 17.6 Å². The Morgan fingerprint density at radius 2 is 2.12 bits per heavy atom. The first-order valence-electron chi connectivity index (χ1n) is 6.11. The van der Waals surface area contributed by atoms with Gasteiger partial charge in [-0.15, -0.1) is 11.8 Å². The lowest BCUT2D eigenvalue weighted by molar-refractivity contribution is 0.515. The van der Waals surface area contributed by atoms with Crippen LogP contribution in [0.2, 0.25) is 0 Å². The van der Waals surface area contributed by atoms with Crippen LogP contribution in [-0.2, 0) is 0 Å². The highest BCUT2D eigenvalue weighted by molar-refractivity contribution is 7.99. The third kappa shape index (κ3) is 3.37. The summed E-state index contributed by atoms with van der Waals surface area (Å²) in [6, 6.07) is 0. The molecule has 1 heterocycles. The van der Waals surface area contributed by atoms with E-state index in [0.717, 1.165) is 22.6 Å². The van der Waals surface area contributed by atoms with Gasteiger partial charge < -0.3 is 5.32 Å². The van der Waals surface area contributed by atoms with Crippen molar-refractivity contribution in [1.29, 1.82) is 0 Å². The van der Waals surface area contributed by atoms with E-state index in [2.05, 4.69) is 22.2 Å². The third-order valence-electron chi connectivity index (χ3n) is 2.81. The van der Waals surface area contributed by atoms with Crippen LogP contribution in [0, 0.1) is 0 Å². The number of hydrogen-bond acceptors (Lipinski definition) is 4. The second kappa shape index (κ2) is 6.09. The van der Waals surface area contributed by atoms with E-state index in [-0.39, 0.29) is 0 Å². The number of hydrogen-bond donors (Lipinski definition) is 1. The standard InChI is InChI=1S/C12H19N3S/c1-2-14-11-8-13-9-12(15-11)16-10-6-4-3-5-7-10/h8-10H,2-7H2,1H3,(H,14,15). The van der Waals surface area contributed by atoms with Crippen LogP contribution < -0.4 is 5.32 Å². The minimum Gasteiger partial charge on any atom is -0.369 e. The highest BCUT2D eigenvalue weighted by atomic mass is 32.2. The minimum atomic E-state index is 0.750. The van der Waals surface area contributed by atoms with E-state index >= 15 is 0 Å². The molecular weight excluding hydrogens is 218 g/mol. The molecule has 0 bridgehead atoms. The fraction of sp³-hybridized carbons (Fsp3) is 0.667. The lowest BCUT2D eigenvalue weighted by Gasteiger charge is -2.20. The predicted molar refractivity (Wildman–Crippen MR) is 68.9 cm³/mol. The maximum absolute atomic E-state index is 4.55. The van der Waals surface area contributed by atoms with Crippen molar-refractivity contribution in [1.82, 2.24) is 9.97 Å². The first-order chi connectivity index (χ1) is 7.88. The number of aromatic nitrogens is 2. The van der Waals surface area contributed by atoms with Gasteiger partial charge in [-0.3, -0.25) is 4.98 Å². The van der Waals surface area contributed by atoms with Crippen molar-refractivity contribution in [2.45, 2.75) is 49.3 Å². The molecule has 3 nitrogen and oxygen atoms in total. The molecular formula is C12H19N3S. The summed E-state index contributed by atoms with van der Waals surface area (Å²) in [6.45, 7) is 2.97. The highest BCUT2D eigenvalue weighted by Gasteiger charge is 2.15. The first-order valence-corrected chi connectivity index (χ1v) is 6.99. The van der Waals surface area contributed by atoms with E-state index in [0.29, 0.717) is 0 Å². The molecule has 1 aliphatic carbocycles. The van der Waals surface area contributed by atoms with Crippen LogP contribution >= 0.6 is 11.8 Å². The Morgan fingerprint density at radius 1 is 1.31 bits per heavy atom. The summed E-state index contributed by atoms with van der Waals surface area (Å²) >= 11 is 1.89. The van der Waals surface area contributed by atoms with Crippen molar-refractivity contribution in [3.8, 4) is 0 Å². The van der Waals surface area contributed by atoms with Gasteiger partial charge in [0.25, 0.3) is 0 Å². The van der Waals surface area contributed by atoms with Crippen molar-refractivity contribution < 1.29 is 0 Å². The monoisotopic (exact) mass is 237 g/mol. The summed E-state index contributed by atoms with van der Waals surface area (Å²) in [5.74, 6) is 0.892. The molecule has 0 aliphatic heterocycles. The molecule has 88 valence electrons. The summed E-state index contributed by atoms with van der Waals surface area (Å²) in [7, 11) is 0. The van der Waals surface area contributed by atoms with E-state index in [9.17, 15) is 0 Å². The quantitative estimate of drug-likeness (QED) is 0.871. The molecule has 0 amide bonds. The summed E-state index contributed by atoms with van der Waals surface area (Å²) < 4.78 is 0. The molecule has 1 aliphatic rings. The van der Waals surface area contributed by atoms with Gasteiger partial charge in [-0.05, 0) is 19.8 Å². The molecule has 2 rings (SSSR count). The Kier molecular flexibility index (Phi) is 4.45. The van der Waals surface area contributed by atoms with Gasteiger partial charge in [-0.2, -0.15) is 0 Å². The molecule has 0 atom stereocenters. The van der Waals surface area contributed by atoms with Gasteiger partial charge in [0.1, 0.15) is 10.8 Å². The Hall–Kier alpha value is -0.770. The average Bonchev–Trinajstić information content (AvgIpc) is 2.31. The minimum absolute atomic E-state index is 0.750. The summed E-state index contributed by atoms with van der Waals surface area (Å²) in [5, 5.41) is 5.01. The lowest BCUT2D eigenvalue weighted by Crippen LogP contribution is -2.08. The van der Waals surface area contributed by atoms with Crippen LogP contribution in [0.1, 0.15) is 39.0 Å². The molecule has 0 unspecified atom stereocenters. The maximum Gasteiger partial charge on any atom is 0.145 e. The largest absolute Gasteiger partial charge is 0.369 e. The molecule has 1 saturated carbocycles. The highest BCUT2D eigenvalue weighted by Crippen LogP contribution is 2.32. The van der Waals surface area contributed by atoms with Gasteiger partial charge in [0.2, 0.25) is 0 Å². The number of rotatable bonds is 4. The van der Waals surface area contributed by atoms with Crippen LogP contribution in [0.4, 0.5) is 5.82 Å². The smallest absolute Gasteiger partial charge is 0.145 e. The molecule has 0 aromatic carbocycles. The zero-order valence-electron chi connectivity index (χ0n) is 9.78. The molecule has 1 fully saturated rings. The van der Waals surface area contributed by atoms with E-state index in [4.69, 9.17) is 0 Å². The van der Waals surface area contributed by atoms with Crippen LogP contribution in [0.5, 0.6) is 0 Å². The van der Waals surface area contributed by atoms with E-state index in [1.807, 2.05) is 18.0 Å². The van der Waals surface area contributed by atoms with Crippen LogP contribution in [-0.4, -0.2) is 21.8 Å². The van der Waals surface area contributed by atoms with Gasteiger partial charge in [-0.1, -0.05) is 19.3 Å². The van der Waals surface area contributed by atoms with Crippen LogP contribution in [0.15, 0.2) is 17.4 Å². The number of anilines is 1. The van der Waals surface area contributed by atoms with Gasteiger partial charge >= 0.3 is 0 Å². The Balaban J connectivity index is 1.94. The topological polar surface area (TPSA) is 37.8 Å². The molecule has 1 aromatic rings.